The Kier molecular flexibility index (Phi) is 6.07. The summed E-state index contributed by atoms with van der Waals surface area (Å²) < 4.78 is 0. The molecule has 1 saturated heterocycles. The first-order valence-electron chi connectivity index (χ1n) is 11.3. The summed E-state index contributed by atoms with van der Waals surface area (Å²) >= 11 is 0. The van der Waals surface area contributed by atoms with Gasteiger partial charge in [0.15, 0.2) is 0 Å². The highest BCUT2D eigenvalue weighted by atomic mass is 16.2. The minimum atomic E-state index is -0.248. The fourth-order valence-electron chi connectivity index (χ4n) is 4.40. The number of nitrogens with zero attached hydrogens (tertiary/aromatic N) is 4. The molecule has 0 atom stereocenters. The zero-order chi connectivity index (χ0) is 23.0. The molecule has 6 heteroatoms. The number of carbonyl (C=O) groups is 2. The van der Waals surface area contributed by atoms with Crippen LogP contribution in [0, 0.1) is 13.8 Å². The molecule has 0 unspecified atom stereocenters. The second-order valence-corrected chi connectivity index (χ2v) is 8.80. The molecule has 168 valence electrons. The van der Waals surface area contributed by atoms with Crippen LogP contribution in [0.25, 0.3) is 5.57 Å². The average Bonchev–Trinajstić information content (AvgIpc) is 3.05. The molecule has 0 radical (unpaired) electrons. The summed E-state index contributed by atoms with van der Waals surface area (Å²) in [4.78, 5) is 35.3. The van der Waals surface area contributed by atoms with Crippen LogP contribution in [0.3, 0.4) is 0 Å². The van der Waals surface area contributed by atoms with Gasteiger partial charge in [-0.1, -0.05) is 31.2 Å². The van der Waals surface area contributed by atoms with Gasteiger partial charge in [-0.05, 0) is 55.3 Å². The number of imide groups is 1. The van der Waals surface area contributed by atoms with E-state index in [1.807, 2.05) is 68.4 Å². The maximum Gasteiger partial charge on any atom is 0.282 e. The number of carbonyl (C=O) groups excluding carboxylic acids is 2. The van der Waals surface area contributed by atoms with Gasteiger partial charge in [0.25, 0.3) is 11.8 Å². The highest BCUT2D eigenvalue weighted by molar-refractivity contribution is 6.45. The first-order chi connectivity index (χ1) is 15.3. The van der Waals surface area contributed by atoms with Gasteiger partial charge in [-0.15, -0.1) is 0 Å². The van der Waals surface area contributed by atoms with Gasteiger partial charge < -0.3 is 14.7 Å². The van der Waals surface area contributed by atoms with Gasteiger partial charge in [-0.3, -0.25) is 9.59 Å². The van der Waals surface area contributed by atoms with Crippen molar-refractivity contribution in [1.82, 2.24) is 9.80 Å². The molecule has 2 aliphatic heterocycles. The largest absolute Gasteiger partial charge is 0.378 e. The van der Waals surface area contributed by atoms with E-state index in [4.69, 9.17) is 0 Å². The third kappa shape index (κ3) is 3.91. The summed E-state index contributed by atoms with van der Waals surface area (Å²) in [5, 5.41) is 0. The first kappa shape index (κ1) is 22.1. The molecule has 0 aromatic heterocycles. The van der Waals surface area contributed by atoms with Crippen molar-refractivity contribution in [3.05, 3.63) is 64.9 Å². The zero-order valence-electron chi connectivity index (χ0n) is 19.7. The molecule has 0 bridgehead atoms. The lowest BCUT2D eigenvalue weighted by molar-refractivity contribution is -0.120. The van der Waals surface area contributed by atoms with Gasteiger partial charge in [-0.25, -0.2) is 4.90 Å². The van der Waals surface area contributed by atoms with Crippen molar-refractivity contribution in [2.45, 2.75) is 20.8 Å². The molecule has 2 heterocycles. The summed E-state index contributed by atoms with van der Waals surface area (Å²) in [5.74, 6) is -0.480. The van der Waals surface area contributed by atoms with Gasteiger partial charge in [-0.2, -0.15) is 0 Å². The number of amides is 2. The summed E-state index contributed by atoms with van der Waals surface area (Å²) in [6, 6.07) is 13.6. The van der Waals surface area contributed by atoms with E-state index in [2.05, 4.69) is 23.6 Å². The second-order valence-electron chi connectivity index (χ2n) is 8.80. The van der Waals surface area contributed by atoms with Crippen LogP contribution in [-0.2, 0) is 9.59 Å². The quantitative estimate of drug-likeness (QED) is 0.679. The van der Waals surface area contributed by atoms with Crippen LogP contribution >= 0.6 is 0 Å². The number of aryl methyl sites for hydroxylation is 2. The molecule has 2 aromatic rings. The van der Waals surface area contributed by atoms with Crippen LogP contribution in [0.15, 0.2) is 48.2 Å². The Balaban J connectivity index is 1.80. The minimum absolute atomic E-state index is 0.232. The molecule has 32 heavy (non-hydrogen) atoms. The normalized spacial score (nSPS) is 17.5. The van der Waals surface area contributed by atoms with Crippen LogP contribution in [0.4, 0.5) is 11.4 Å². The molecule has 0 spiro atoms. The third-order valence-corrected chi connectivity index (χ3v) is 6.60. The van der Waals surface area contributed by atoms with Crippen molar-refractivity contribution >= 4 is 28.8 Å². The Labute approximate surface area is 190 Å². The molecular weight excluding hydrogens is 400 g/mol. The van der Waals surface area contributed by atoms with Crippen molar-refractivity contribution in [3.63, 3.8) is 0 Å². The van der Waals surface area contributed by atoms with Crippen LogP contribution in [0.2, 0.25) is 0 Å². The molecule has 2 aliphatic rings. The van der Waals surface area contributed by atoms with E-state index in [-0.39, 0.29) is 11.8 Å². The van der Waals surface area contributed by atoms with Crippen LogP contribution in [0.5, 0.6) is 0 Å². The number of hydrogen-bond donors (Lipinski definition) is 0. The van der Waals surface area contributed by atoms with Gasteiger partial charge in [0.05, 0.1) is 11.3 Å². The molecule has 0 saturated carbocycles. The fraction of sp³-hybridized carbons (Fsp3) is 0.385. The predicted molar refractivity (Wildman–Crippen MR) is 130 cm³/mol. The SMILES string of the molecule is CCN1CCN(C2=C(c3ccc(C)c(C)c3)C(=O)N(c3cccc(N(C)C)c3)C2=O)CC1. The van der Waals surface area contributed by atoms with Crippen molar-refractivity contribution < 1.29 is 9.59 Å². The number of rotatable bonds is 5. The highest BCUT2D eigenvalue weighted by Gasteiger charge is 2.43. The monoisotopic (exact) mass is 432 g/mol. The van der Waals surface area contributed by atoms with Crippen LogP contribution < -0.4 is 9.80 Å². The molecule has 2 aromatic carbocycles. The summed E-state index contributed by atoms with van der Waals surface area (Å²) in [7, 11) is 3.90. The fourth-order valence-corrected chi connectivity index (χ4v) is 4.40. The van der Waals surface area contributed by atoms with E-state index in [1.165, 1.54) is 10.5 Å². The van der Waals surface area contributed by atoms with Crippen molar-refractivity contribution in [3.8, 4) is 0 Å². The molecular formula is C26H32N4O2. The molecule has 6 nitrogen and oxygen atoms in total. The number of likely N-dealkylation sites (N-methyl/N-ethyl adjacent to an activating group) is 1. The van der Waals surface area contributed by atoms with E-state index < -0.39 is 0 Å². The Morgan fingerprint density at radius 3 is 2.22 bits per heavy atom. The van der Waals surface area contributed by atoms with Crippen molar-refractivity contribution in [2.24, 2.45) is 0 Å². The lowest BCUT2D eigenvalue weighted by Crippen LogP contribution is -2.47. The highest BCUT2D eigenvalue weighted by Crippen LogP contribution is 2.36. The van der Waals surface area contributed by atoms with E-state index in [0.29, 0.717) is 17.0 Å². The van der Waals surface area contributed by atoms with Gasteiger partial charge >= 0.3 is 0 Å². The van der Waals surface area contributed by atoms with E-state index in [9.17, 15) is 9.59 Å². The first-order valence-corrected chi connectivity index (χ1v) is 11.3. The maximum atomic E-state index is 13.8. The van der Waals surface area contributed by atoms with Crippen LogP contribution in [-0.4, -0.2) is 68.4 Å². The topological polar surface area (TPSA) is 47.1 Å². The lowest BCUT2D eigenvalue weighted by atomic mass is 9.99. The standard InChI is InChI=1S/C26H32N4O2/c1-6-28-12-14-29(15-13-28)24-23(20-11-10-18(2)19(3)16-20)25(31)30(26(24)32)22-9-7-8-21(17-22)27(4)5/h7-11,16-17H,6,12-15H2,1-5H3. The smallest absolute Gasteiger partial charge is 0.282 e. The number of hydrogen-bond acceptors (Lipinski definition) is 5. The summed E-state index contributed by atoms with van der Waals surface area (Å²) in [6.45, 7) is 10.5. The minimum Gasteiger partial charge on any atom is -0.378 e. The van der Waals surface area contributed by atoms with Gasteiger partial charge in [0.1, 0.15) is 5.70 Å². The maximum absolute atomic E-state index is 13.8. The number of piperazine rings is 1. The molecule has 2 amide bonds. The van der Waals surface area contributed by atoms with Crippen LogP contribution in [0.1, 0.15) is 23.6 Å². The zero-order valence-corrected chi connectivity index (χ0v) is 19.7. The molecule has 0 aliphatic carbocycles. The van der Waals surface area contributed by atoms with E-state index in [0.717, 1.165) is 49.5 Å². The number of benzene rings is 2. The number of anilines is 2. The Hall–Kier alpha value is -3.12. The summed E-state index contributed by atoms with van der Waals surface area (Å²) in [5.41, 5.74) is 5.68. The predicted octanol–water partition coefficient (Wildman–Crippen LogP) is 3.29. The Morgan fingerprint density at radius 2 is 1.59 bits per heavy atom. The Morgan fingerprint density at radius 1 is 0.875 bits per heavy atom. The van der Waals surface area contributed by atoms with Crippen molar-refractivity contribution in [2.75, 3.05) is 56.6 Å². The van der Waals surface area contributed by atoms with Crippen molar-refractivity contribution in [1.29, 1.82) is 0 Å². The molecule has 1 fully saturated rings. The van der Waals surface area contributed by atoms with E-state index >= 15 is 0 Å². The average molecular weight is 433 g/mol. The summed E-state index contributed by atoms with van der Waals surface area (Å²) in [6.07, 6.45) is 0. The van der Waals surface area contributed by atoms with Gasteiger partial charge in [0, 0.05) is 46.0 Å². The Bertz CT molecular complexity index is 1080. The second kappa shape index (κ2) is 8.79. The third-order valence-electron chi connectivity index (χ3n) is 6.60. The van der Waals surface area contributed by atoms with E-state index in [1.54, 1.807) is 0 Å². The molecule has 0 N–H and O–H groups in total. The lowest BCUT2D eigenvalue weighted by Gasteiger charge is -2.36. The van der Waals surface area contributed by atoms with Gasteiger partial charge in [0.2, 0.25) is 0 Å². The molecule has 4 rings (SSSR count).